The highest BCUT2D eigenvalue weighted by atomic mass is 35.5. The van der Waals surface area contributed by atoms with Gasteiger partial charge in [-0.25, -0.2) is 14.3 Å². The standard InChI is InChI=1S/C17H14ClN5O2/c1-4-5-20-15-14-12(8-11(18)9-13(14)25-3)23(17(24)22-15)16-10(2)19-6-7-21-16/h1,6-9H,5H2,2-3H3,(H,20,22,24). The number of rotatable bonds is 4. The Balaban J connectivity index is 2.46. The lowest BCUT2D eigenvalue weighted by atomic mass is 10.2. The Labute approximate surface area is 148 Å². The summed E-state index contributed by atoms with van der Waals surface area (Å²) in [6.45, 7) is 1.97. The molecule has 0 unspecified atom stereocenters. The first-order valence-electron chi connectivity index (χ1n) is 7.32. The van der Waals surface area contributed by atoms with E-state index in [4.69, 9.17) is 22.8 Å². The largest absolute Gasteiger partial charge is 0.496 e. The third kappa shape index (κ3) is 2.99. The summed E-state index contributed by atoms with van der Waals surface area (Å²) in [6.07, 6.45) is 8.36. The van der Waals surface area contributed by atoms with E-state index in [0.717, 1.165) is 0 Å². The molecule has 3 rings (SSSR count). The number of fused-ring (bicyclic) bond motifs is 1. The molecule has 3 aromatic rings. The van der Waals surface area contributed by atoms with E-state index in [1.54, 1.807) is 25.3 Å². The summed E-state index contributed by atoms with van der Waals surface area (Å²) in [7, 11) is 1.51. The second-order valence-corrected chi connectivity index (χ2v) is 5.54. The molecule has 0 aliphatic heterocycles. The number of hydrogen-bond donors (Lipinski definition) is 1. The first-order chi connectivity index (χ1) is 12.1. The topological polar surface area (TPSA) is 81.9 Å². The van der Waals surface area contributed by atoms with Gasteiger partial charge in [-0.15, -0.1) is 6.42 Å². The molecule has 1 N–H and O–H groups in total. The first-order valence-corrected chi connectivity index (χ1v) is 7.70. The van der Waals surface area contributed by atoms with Gasteiger partial charge in [-0.1, -0.05) is 17.5 Å². The number of nitrogens with one attached hydrogen (secondary N) is 1. The molecule has 8 heteroatoms. The molecule has 1 aromatic carbocycles. The molecular formula is C17H14ClN5O2. The van der Waals surface area contributed by atoms with Gasteiger partial charge in [0.25, 0.3) is 0 Å². The Morgan fingerprint density at radius 3 is 2.80 bits per heavy atom. The maximum atomic E-state index is 12.7. The number of hydrogen-bond acceptors (Lipinski definition) is 6. The summed E-state index contributed by atoms with van der Waals surface area (Å²) in [5, 5.41) is 3.93. The molecule has 0 fully saturated rings. The second-order valence-electron chi connectivity index (χ2n) is 5.10. The van der Waals surface area contributed by atoms with Gasteiger partial charge in [-0.3, -0.25) is 4.98 Å². The van der Waals surface area contributed by atoms with Crippen LogP contribution < -0.4 is 15.7 Å². The summed E-state index contributed by atoms with van der Waals surface area (Å²) >= 11 is 6.21. The van der Waals surface area contributed by atoms with Crippen LogP contribution >= 0.6 is 11.6 Å². The minimum Gasteiger partial charge on any atom is -0.496 e. The molecule has 2 heterocycles. The number of methoxy groups -OCH3 is 1. The summed E-state index contributed by atoms with van der Waals surface area (Å²) in [5.41, 5.74) is 0.545. The van der Waals surface area contributed by atoms with E-state index in [-0.39, 0.29) is 6.54 Å². The number of aryl methyl sites for hydroxylation is 1. The van der Waals surface area contributed by atoms with Crippen LogP contribution in [0.15, 0.2) is 29.3 Å². The highest BCUT2D eigenvalue weighted by Gasteiger charge is 2.18. The molecule has 7 nitrogen and oxygen atoms in total. The van der Waals surface area contributed by atoms with Crippen LogP contribution in [0.2, 0.25) is 5.02 Å². The average Bonchev–Trinajstić information content (AvgIpc) is 2.60. The lowest BCUT2D eigenvalue weighted by Crippen LogP contribution is -2.25. The highest BCUT2D eigenvalue weighted by Crippen LogP contribution is 2.34. The first kappa shape index (κ1) is 16.7. The average molecular weight is 356 g/mol. The molecule has 0 aliphatic carbocycles. The van der Waals surface area contributed by atoms with Crippen LogP contribution in [0.25, 0.3) is 16.7 Å². The Bertz CT molecular complexity index is 1060. The van der Waals surface area contributed by atoms with Crippen molar-refractivity contribution in [3.05, 3.63) is 45.7 Å². The molecule has 2 aromatic heterocycles. The molecule has 0 saturated carbocycles. The van der Waals surface area contributed by atoms with Crippen LogP contribution in [0.4, 0.5) is 5.82 Å². The van der Waals surface area contributed by atoms with E-state index < -0.39 is 5.69 Å². The van der Waals surface area contributed by atoms with Gasteiger partial charge in [-0.05, 0) is 19.1 Å². The number of halogens is 1. The smallest absolute Gasteiger partial charge is 0.355 e. The molecule has 0 saturated heterocycles. The van der Waals surface area contributed by atoms with Gasteiger partial charge in [0, 0.05) is 17.4 Å². The highest BCUT2D eigenvalue weighted by molar-refractivity contribution is 6.31. The summed E-state index contributed by atoms with van der Waals surface area (Å²) in [4.78, 5) is 25.2. The van der Waals surface area contributed by atoms with Crippen molar-refractivity contribution in [2.45, 2.75) is 6.92 Å². The van der Waals surface area contributed by atoms with Crippen LogP contribution in [0, 0.1) is 19.3 Å². The molecule has 126 valence electrons. The number of nitrogens with zero attached hydrogens (tertiary/aromatic N) is 4. The Kier molecular flexibility index (Phi) is 4.55. The molecule has 0 bridgehead atoms. The van der Waals surface area contributed by atoms with Crippen molar-refractivity contribution >= 4 is 28.3 Å². The Morgan fingerprint density at radius 2 is 2.12 bits per heavy atom. The predicted molar refractivity (Wildman–Crippen MR) is 96.6 cm³/mol. The van der Waals surface area contributed by atoms with E-state index in [2.05, 4.69) is 26.2 Å². The fraction of sp³-hybridized carbons (Fsp3) is 0.176. The lowest BCUT2D eigenvalue weighted by Gasteiger charge is -2.16. The van der Waals surface area contributed by atoms with Crippen LogP contribution in [-0.4, -0.2) is 33.2 Å². The number of aromatic nitrogens is 4. The zero-order valence-electron chi connectivity index (χ0n) is 13.6. The quantitative estimate of drug-likeness (QED) is 0.722. The number of ether oxygens (including phenoxy) is 1. The maximum absolute atomic E-state index is 12.7. The predicted octanol–water partition coefficient (Wildman–Crippen LogP) is 2.19. The lowest BCUT2D eigenvalue weighted by molar-refractivity contribution is 0.419. The van der Waals surface area contributed by atoms with Gasteiger partial charge in [0.1, 0.15) is 11.6 Å². The molecule has 0 aliphatic rings. The van der Waals surface area contributed by atoms with Crippen molar-refractivity contribution < 1.29 is 4.74 Å². The van der Waals surface area contributed by atoms with E-state index in [9.17, 15) is 4.79 Å². The summed E-state index contributed by atoms with van der Waals surface area (Å²) in [5.74, 6) is 3.61. The Morgan fingerprint density at radius 1 is 1.36 bits per heavy atom. The molecule has 25 heavy (non-hydrogen) atoms. The number of benzene rings is 1. The van der Waals surface area contributed by atoms with E-state index in [1.165, 1.54) is 17.9 Å². The monoisotopic (exact) mass is 355 g/mol. The zero-order valence-corrected chi connectivity index (χ0v) is 14.3. The van der Waals surface area contributed by atoms with Gasteiger partial charge in [-0.2, -0.15) is 4.98 Å². The molecular weight excluding hydrogens is 342 g/mol. The minimum absolute atomic E-state index is 0.210. The van der Waals surface area contributed by atoms with Gasteiger partial charge in [0.15, 0.2) is 5.82 Å². The van der Waals surface area contributed by atoms with Crippen molar-refractivity contribution in [1.29, 1.82) is 0 Å². The summed E-state index contributed by atoms with van der Waals surface area (Å²) < 4.78 is 6.78. The molecule has 0 spiro atoms. The normalized spacial score (nSPS) is 10.5. The fourth-order valence-electron chi connectivity index (χ4n) is 2.54. The fourth-order valence-corrected chi connectivity index (χ4v) is 2.74. The van der Waals surface area contributed by atoms with Crippen LogP contribution in [0.1, 0.15) is 5.69 Å². The third-order valence-electron chi connectivity index (χ3n) is 3.57. The van der Waals surface area contributed by atoms with Crippen molar-refractivity contribution in [2.24, 2.45) is 0 Å². The van der Waals surface area contributed by atoms with Crippen molar-refractivity contribution in [3.63, 3.8) is 0 Å². The van der Waals surface area contributed by atoms with Gasteiger partial charge in [0.2, 0.25) is 0 Å². The van der Waals surface area contributed by atoms with Crippen molar-refractivity contribution in [1.82, 2.24) is 19.5 Å². The number of anilines is 1. The third-order valence-corrected chi connectivity index (χ3v) is 3.79. The minimum atomic E-state index is -0.528. The van der Waals surface area contributed by atoms with Gasteiger partial charge < -0.3 is 10.1 Å². The van der Waals surface area contributed by atoms with Crippen LogP contribution in [0.3, 0.4) is 0 Å². The molecule has 0 radical (unpaired) electrons. The maximum Gasteiger partial charge on any atom is 0.355 e. The van der Waals surface area contributed by atoms with Gasteiger partial charge in [0.05, 0.1) is 30.3 Å². The van der Waals surface area contributed by atoms with Crippen molar-refractivity contribution in [2.75, 3.05) is 19.0 Å². The number of terminal acetylenes is 1. The van der Waals surface area contributed by atoms with Crippen LogP contribution in [0.5, 0.6) is 5.75 Å². The Hall–Kier alpha value is -3.11. The molecule has 0 atom stereocenters. The van der Waals surface area contributed by atoms with Crippen LogP contribution in [-0.2, 0) is 0 Å². The van der Waals surface area contributed by atoms with Crippen molar-refractivity contribution in [3.8, 4) is 23.9 Å². The second kappa shape index (κ2) is 6.79. The van der Waals surface area contributed by atoms with Gasteiger partial charge >= 0.3 is 5.69 Å². The molecule has 0 amide bonds. The SMILES string of the molecule is C#CCNc1nc(=O)n(-c2nccnc2C)c2cc(Cl)cc(OC)c12. The van der Waals surface area contributed by atoms with E-state index in [1.807, 2.05) is 0 Å². The van der Waals surface area contributed by atoms with E-state index in [0.29, 0.717) is 39.0 Å². The zero-order chi connectivity index (χ0) is 18.0. The summed E-state index contributed by atoms with van der Waals surface area (Å²) in [6, 6.07) is 3.29. The van der Waals surface area contributed by atoms with E-state index >= 15 is 0 Å².